The molecule has 1 heterocycles. The Kier molecular flexibility index (Phi) is 14.3. The molecule has 0 aromatic heterocycles. The Morgan fingerprint density at radius 1 is 1.14 bits per heavy atom. The third kappa shape index (κ3) is 12.2. The van der Waals surface area contributed by atoms with E-state index in [1.165, 1.54) is 24.0 Å². The first-order valence-corrected chi connectivity index (χ1v) is 19.3. The number of Topliss-reactive ketones (excluding diaryl/α,β-unsaturated/α-hetero) is 1. The number of carbonyl (C=O) groups is 2. The molecule has 1 saturated carbocycles. The summed E-state index contributed by atoms with van der Waals surface area (Å²) in [5.41, 5.74) is 10.2. The number of nitrogens with zero attached hydrogens (tertiary/aromatic N) is 4. The Labute approximate surface area is 304 Å². The molecule has 2 fully saturated rings. The normalized spacial score (nSPS) is 17.9. The van der Waals surface area contributed by atoms with Crippen molar-refractivity contribution in [1.82, 2.24) is 9.62 Å². The van der Waals surface area contributed by atoms with E-state index in [2.05, 4.69) is 14.7 Å². The van der Waals surface area contributed by atoms with Crippen molar-refractivity contribution in [3.63, 3.8) is 0 Å². The summed E-state index contributed by atoms with van der Waals surface area (Å²) in [6.45, 7) is 7.38. The molecule has 1 aliphatic heterocycles. The van der Waals surface area contributed by atoms with E-state index in [-0.39, 0.29) is 49.6 Å². The molecule has 0 unspecified atom stereocenters. The minimum absolute atomic E-state index is 0.0128. The van der Waals surface area contributed by atoms with Gasteiger partial charge in [-0.25, -0.2) is 22.3 Å². The van der Waals surface area contributed by atoms with Crippen LogP contribution in [0.5, 0.6) is 0 Å². The molecule has 4 rings (SSSR count). The van der Waals surface area contributed by atoms with Crippen LogP contribution in [0.4, 0.5) is 9.18 Å². The van der Waals surface area contributed by atoms with Gasteiger partial charge in [-0.05, 0) is 113 Å². The van der Waals surface area contributed by atoms with E-state index in [0.29, 0.717) is 49.5 Å². The molecule has 4 atom stereocenters. The van der Waals surface area contributed by atoms with Gasteiger partial charge in [0.1, 0.15) is 23.2 Å². The maximum Gasteiger partial charge on any atom is 0.410 e. The monoisotopic (exact) mass is 749 g/mol. The topological polar surface area (TPSA) is 171 Å². The second-order valence-corrected chi connectivity index (χ2v) is 17.0. The lowest BCUT2D eigenvalue weighted by Crippen LogP contribution is -2.49. The van der Waals surface area contributed by atoms with Crippen molar-refractivity contribution >= 4 is 33.5 Å². The second kappa shape index (κ2) is 18.0. The van der Waals surface area contributed by atoms with Gasteiger partial charge in [-0.15, -0.1) is 0 Å². The summed E-state index contributed by atoms with van der Waals surface area (Å²) in [5, 5.41) is 14.1. The summed E-state index contributed by atoms with van der Waals surface area (Å²) in [6, 6.07) is 9.57. The zero-order chi connectivity index (χ0) is 37.3. The zero-order valence-corrected chi connectivity index (χ0v) is 31.2. The van der Waals surface area contributed by atoms with Crippen molar-refractivity contribution in [3.05, 3.63) is 80.4 Å². The Balaban J connectivity index is 1.61. The summed E-state index contributed by atoms with van der Waals surface area (Å²) >= 11 is 6.16. The molecule has 51 heavy (non-hydrogen) atoms. The molecule has 1 saturated heterocycles. The zero-order valence-electron chi connectivity index (χ0n) is 29.6. The minimum Gasteiger partial charge on any atom is -0.444 e. The first-order valence-electron chi connectivity index (χ1n) is 17.4. The Bertz CT molecular complexity index is 1650. The Morgan fingerprint density at radius 2 is 1.80 bits per heavy atom. The number of carbonyl (C=O) groups excluding carboxylic acids is 2. The van der Waals surface area contributed by atoms with Gasteiger partial charge >= 0.3 is 6.09 Å². The number of aliphatic hydroxyl groups is 1. The number of amides is 1. The minimum atomic E-state index is -3.73. The van der Waals surface area contributed by atoms with Gasteiger partial charge in [0.25, 0.3) is 0 Å². The molecule has 0 bridgehead atoms. The number of azide groups is 1. The maximum atomic E-state index is 15.6. The van der Waals surface area contributed by atoms with Crippen LogP contribution in [0.15, 0.2) is 47.6 Å². The highest BCUT2D eigenvalue weighted by molar-refractivity contribution is 7.90. The summed E-state index contributed by atoms with van der Waals surface area (Å²) in [6.07, 6.45) is 0.579. The largest absolute Gasteiger partial charge is 0.444 e. The average Bonchev–Trinajstić information content (AvgIpc) is 3.91. The van der Waals surface area contributed by atoms with Crippen LogP contribution in [0.2, 0.25) is 5.02 Å². The molecular weight excluding hydrogens is 701 g/mol. The highest BCUT2D eigenvalue weighted by atomic mass is 35.5. The van der Waals surface area contributed by atoms with Gasteiger partial charge in [0.15, 0.2) is 0 Å². The molecule has 2 aliphatic rings. The number of benzene rings is 2. The fourth-order valence-electron chi connectivity index (χ4n) is 6.55. The summed E-state index contributed by atoms with van der Waals surface area (Å²) in [7, 11) is -3.73. The number of halogens is 2. The van der Waals surface area contributed by atoms with Gasteiger partial charge in [-0.3, -0.25) is 4.79 Å². The average molecular weight is 750 g/mol. The molecule has 12 nitrogen and oxygen atoms in total. The summed E-state index contributed by atoms with van der Waals surface area (Å²) in [4.78, 5) is 31.5. The van der Waals surface area contributed by atoms with Crippen LogP contribution in [0, 0.1) is 11.7 Å². The van der Waals surface area contributed by atoms with E-state index < -0.39 is 56.9 Å². The lowest BCUT2D eigenvalue weighted by atomic mass is 9.75. The highest BCUT2D eigenvalue weighted by Crippen LogP contribution is 2.38. The van der Waals surface area contributed by atoms with Gasteiger partial charge in [-0.2, -0.15) is 0 Å². The van der Waals surface area contributed by atoms with E-state index in [0.717, 1.165) is 5.56 Å². The van der Waals surface area contributed by atoms with E-state index >= 15 is 4.39 Å². The number of hydrogen-bond acceptors (Lipinski definition) is 8. The molecule has 0 radical (unpaired) electrons. The third-order valence-corrected chi connectivity index (χ3v) is 11.3. The van der Waals surface area contributed by atoms with Crippen LogP contribution in [0.1, 0.15) is 82.4 Å². The van der Waals surface area contributed by atoms with E-state index in [4.69, 9.17) is 21.1 Å². The quantitative estimate of drug-likeness (QED) is 0.106. The molecule has 1 amide bonds. The maximum absolute atomic E-state index is 15.6. The summed E-state index contributed by atoms with van der Waals surface area (Å²) in [5.74, 6) is -1.43. The van der Waals surface area contributed by atoms with E-state index in [1.807, 2.05) is 12.1 Å². The van der Waals surface area contributed by atoms with Crippen LogP contribution in [0.3, 0.4) is 0 Å². The van der Waals surface area contributed by atoms with Crippen molar-refractivity contribution in [2.75, 3.05) is 26.3 Å². The van der Waals surface area contributed by atoms with Gasteiger partial charge in [-0.1, -0.05) is 41.0 Å². The SMILES string of the molecule is C[C@@H](O)CN(C[C@H](CCc1c(F)cccc1CC(=O)[C@@H](N=[N+]=[N-])[C@@H](c1ccc(Cl)cc1)C1CCOCC1)NS(=O)(=O)C1CC1)C(=O)OC(C)(C)C. The predicted octanol–water partition coefficient (Wildman–Crippen LogP) is 6.48. The first-order chi connectivity index (χ1) is 24.1. The molecule has 15 heteroatoms. The molecule has 2 aromatic rings. The lowest BCUT2D eigenvalue weighted by molar-refractivity contribution is -0.120. The number of aliphatic hydroxyl groups excluding tert-OH is 1. The van der Waals surface area contributed by atoms with Crippen molar-refractivity contribution in [3.8, 4) is 0 Å². The van der Waals surface area contributed by atoms with Crippen LogP contribution >= 0.6 is 11.6 Å². The number of sulfonamides is 1. The van der Waals surface area contributed by atoms with Crippen LogP contribution in [0.25, 0.3) is 10.4 Å². The number of nitrogens with one attached hydrogen (secondary N) is 1. The molecule has 280 valence electrons. The smallest absolute Gasteiger partial charge is 0.410 e. The van der Waals surface area contributed by atoms with Crippen molar-refractivity contribution in [2.45, 2.75) is 108 Å². The molecule has 2 aromatic carbocycles. The van der Waals surface area contributed by atoms with Crippen LogP contribution < -0.4 is 4.72 Å². The standard InChI is InChI=1S/C36H49ClFN5O7S/c1-23(44)21-43(35(46)50-36(2,3)4)22-28(41-51(47,48)29-13-14-29)12-15-30-26(6-5-7-31(30)38)20-32(45)34(40-42-39)33(25-16-18-49-19-17-25)24-8-10-27(37)11-9-24/h5-11,23,25,28-29,33-34,41,44H,12-22H2,1-4H3/t23-,28+,33+,34-/m1/s1. The second-order valence-electron chi connectivity index (χ2n) is 14.5. The van der Waals surface area contributed by atoms with Gasteiger partial charge < -0.3 is 19.5 Å². The number of hydrogen-bond donors (Lipinski definition) is 2. The fourth-order valence-corrected chi connectivity index (χ4v) is 8.29. The summed E-state index contributed by atoms with van der Waals surface area (Å²) < 4.78 is 55.6. The highest BCUT2D eigenvalue weighted by Gasteiger charge is 2.39. The van der Waals surface area contributed by atoms with Crippen LogP contribution in [-0.2, 0) is 37.1 Å². The van der Waals surface area contributed by atoms with E-state index in [1.54, 1.807) is 39.0 Å². The molecule has 0 spiro atoms. The first kappa shape index (κ1) is 40.5. The van der Waals surface area contributed by atoms with Crippen LogP contribution in [-0.4, -0.2) is 85.6 Å². The lowest BCUT2D eigenvalue weighted by Gasteiger charge is -2.34. The van der Waals surface area contributed by atoms with Crippen molar-refractivity contribution in [1.29, 1.82) is 0 Å². The van der Waals surface area contributed by atoms with E-state index in [9.17, 15) is 28.6 Å². The predicted molar refractivity (Wildman–Crippen MR) is 192 cm³/mol. The van der Waals surface area contributed by atoms with Gasteiger partial charge in [0.2, 0.25) is 10.0 Å². The van der Waals surface area contributed by atoms with Crippen molar-refractivity contribution in [2.24, 2.45) is 11.0 Å². The van der Waals surface area contributed by atoms with Gasteiger partial charge in [0, 0.05) is 54.6 Å². The molecule has 2 N–H and O–H groups in total. The molecular formula is C36H49ClFN5O7S. The number of rotatable bonds is 17. The number of ketones is 1. The molecule has 1 aliphatic carbocycles. The third-order valence-electron chi connectivity index (χ3n) is 9.07. The number of ether oxygens (including phenoxy) is 2. The Hall–Kier alpha value is -3.26. The fraction of sp³-hybridized carbons (Fsp3) is 0.611. The van der Waals surface area contributed by atoms with Crippen molar-refractivity contribution < 1.29 is 37.0 Å². The Morgan fingerprint density at radius 3 is 2.39 bits per heavy atom. The van der Waals surface area contributed by atoms with Gasteiger partial charge in [0.05, 0.1) is 11.4 Å².